The Morgan fingerprint density at radius 3 is 2.45 bits per heavy atom. The zero-order chi connectivity index (χ0) is 14.6. The molecule has 1 fully saturated rings. The smallest absolute Gasteiger partial charge is 0.251 e. The molecule has 4 heteroatoms. The van der Waals surface area contributed by atoms with Gasteiger partial charge in [0.1, 0.15) is 5.75 Å². The number of hydrogen-bond donors (Lipinski definition) is 2. The lowest BCUT2D eigenvalue weighted by molar-refractivity contribution is 0.0449. The number of nitrogens with one attached hydrogen (secondary N) is 1. The van der Waals surface area contributed by atoms with Gasteiger partial charge < -0.3 is 15.2 Å². The molecule has 0 spiro atoms. The van der Waals surface area contributed by atoms with E-state index in [4.69, 9.17) is 4.74 Å². The van der Waals surface area contributed by atoms with Crippen molar-refractivity contribution < 1.29 is 14.6 Å². The van der Waals surface area contributed by atoms with Gasteiger partial charge in [0.05, 0.1) is 11.7 Å². The molecular formula is C16H23NO3. The Kier molecular flexibility index (Phi) is 4.65. The summed E-state index contributed by atoms with van der Waals surface area (Å²) in [4.78, 5) is 12.0. The van der Waals surface area contributed by atoms with Gasteiger partial charge in [0.25, 0.3) is 5.91 Å². The third-order valence-electron chi connectivity index (χ3n) is 3.60. The molecule has 1 aromatic rings. The van der Waals surface area contributed by atoms with E-state index in [1.807, 2.05) is 13.8 Å². The van der Waals surface area contributed by atoms with Crippen LogP contribution in [0, 0.1) is 0 Å². The van der Waals surface area contributed by atoms with Crippen LogP contribution in [0.5, 0.6) is 5.75 Å². The second kappa shape index (κ2) is 6.27. The third-order valence-corrected chi connectivity index (χ3v) is 3.60. The van der Waals surface area contributed by atoms with E-state index in [1.54, 1.807) is 24.3 Å². The van der Waals surface area contributed by atoms with Crippen LogP contribution >= 0.6 is 0 Å². The van der Waals surface area contributed by atoms with Crippen molar-refractivity contribution in [2.24, 2.45) is 0 Å². The zero-order valence-corrected chi connectivity index (χ0v) is 12.2. The van der Waals surface area contributed by atoms with Crippen LogP contribution in [0.4, 0.5) is 0 Å². The number of benzene rings is 1. The molecule has 110 valence electrons. The van der Waals surface area contributed by atoms with E-state index in [0.29, 0.717) is 12.1 Å². The number of hydrogen-bond acceptors (Lipinski definition) is 3. The van der Waals surface area contributed by atoms with E-state index in [-0.39, 0.29) is 12.0 Å². The lowest BCUT2D eigenvalue weighted by Crippen LogP contribution is -2.40. The number of rotatable bonds is 5. The fraction of sp³-hybridized carbons (Fsp3) is 0.562. The summed E-state index contributed by atoms with van der Waals surface area (Å²) in [6, 6.07) is 7.07. The topological polar surface area (TPSA) is 58.6 Å². The van der Waals surface area contributed by atoms with Gasteiger partial charge in [-0.15, -0.1) is 0 Å². The Morgan fingerprint density at radius 2 is 1.90 bits per heavy atom. The molecule has 0 saturated heterocycles. The first-order valence-electron chi connectivity index (χ1n) is 7.26. The predicted molar refractivity (Wildman–Crippen MR) is 78.0 cm³/mol. The number of carbonyl (C=O) groups is 1. The van der Waals surface area contributed by atoms with Crippen molar-refractivity contribution in [1.82, 2.24) is 5.32 Å². The highest BCUT2D eigenvalue weighted by molar-refractivity contribution is 5.94. The average Bonchev–Trinajstić information content (AvgIpc) is 2.84. The van der Waals surface area contributed by atoms with Gasteiger partial charge in [-0.3, -0.25) is 4.79 Å². The summed E-state index contributed by atoms with van der Waals surface area (Å²) in [5, 5.41) is 13.0. The van der Waals surface area contributed by atoms with E-state index in [0.717, 1.165) is 31.4 Å². The minimum atomic E-state index is -0.712. The van der Waals surface area contributed by atoms with Crippen LogP contribution in [0.3, 0.4) is 0 Å². The maximum Gasteiger partial charge on any atom is 0.251 e. The molecule has 0 atom stereocenters. The van der Waals surface area contributed by atoms with E-state index in [2.05, 4.69) is 5.32 Å². The molecule has 0 bridgehead atoms. The highest BCUT2D eigenvalue weighted by Gasteiger charge is 2.31. The summed E-state index contributed by atoms with van der Waals surface area (Å²) in [5.74, 6) is 0.604. The second-order valence-electron chi connectivity index (χ2n) is 5.81. The standard InChI is InChI=1S/C16H23NO3/c1-12(2)20-14-7-5-13(6-8-14)15(18)17-11-16(19)9-3-4-10-16/h5-8,12,19H,3-4,9-11H2,1-2H3,(H,17,18). The largest absolute Gasteiger partial charge is 0.491 e. The molecule has 0 radical (unpaired) electrons. The molecule has 0 unspecified atom stereocenters. The number of ether oxygens (including phenoxy) is 1. The number of aliphatic hydroxyl groups is 1. The van der Waals surface area contributed by atoms with Crippen molar-refractivity contribution in [3.63, 3.8) is 0 Å². The van der Waals surface area contributed by atoms with Gasteiger partial charge in [-0.2, -0.15) is 0 Å². The second-order valence-corrected chi connectivity index (χ2v) is 5.81. The lowest BCUT2D eigenvalue weighted by atomic mass is 10.0. The summed E-state index contributed by atoms with van der Waals surface area (Å²) in [6.45, 7) is 4.25. The third kappa shape index (κ3) is 3.97. The molecule has 20 heavy (non-hydrogen) atoms. The van der Waals surface area contributed by atoms with Crippen LogP contribution < -0.4 is 10.1 Å². The highest BCUT2D eigenvalue weighted by Crippen LogP contribution is 2.28. The first-order chi connectivity index (χ1) is 9.48. The zero-order valence-electron chi connectivity index (χ0n) is 12.2. The average molecular weight is 277 g/mol. The molecular weight excluding hydrogens is 254 g/mol. The van der Waals surface area contributed by atoms with Gasteiger partial charge in [-0.25, -0.2) is 0 Å². The fourth-order valence-electron chi connectivity index (χ4n) is 2.51. The summed E-state index contributed by atoms with van der Waals surface area (Å²) < 4.78 is 5.53. The Hall–Kier alpha value is -1.55. The van der Waals surface area contributed by atoms with Gasteiger partial charge >= 0.3 is 0 Å². The van der Waals surface area contributed by atoms with Gasteiger partial charge in [-0.1, -0.05) is 12.8 Å². The SMILES string of the molecule is CC(C)Oc1ccc(C(=O)NCC2(O)CCCC2)cc1. The number of carbonyl (C=O) groups excluding carboxylic acids is 1. The molecule has 1 amide bonds. The Morgan fingerprint density at radius 1 is 1.30 bits per heavy atom. The van der Waals surface area contributed by atoms with Crippen molar-refractivity contribution in [2.75, 3.05) is 6.54 Å². The molecule has 2 rings (SSSR count). The molecule has 1 aliphatic carbocycles. The normalized spacial score (nSPS) is 17.2. The molecule has 0 heterocycles. The summed E-state index contributed by atoms with van der Waals surface area (Å²) >= 11 is 0. The Bertz CT molecular complexity index is 447. The lowest BCUT2D eigenvalue weighted by Gasteiger charge is -2.22. The van der Waals surface area contributed by atoms with Crippen LogP contribution in [-0.2, 0) is 0 Å². The van der Waals surface area contributed by atoms with Gasteiger partial charge in [0.15, 0.2) is 0 Å². The van der Waals surface area contributed by atoms with Crippen molar-refractivity contribution >= 4 is 5.91 Å². The quantitative estimate of drug-likeness (QED) is 0.869. The van der Waals surface area contributed by atoms with E-state index < -0.39 is 5.60 Å². The van der Waals surface area contributed by atoms with Crippen LogP contribution in [0.15, 0.2) is 24.3 Å². The molecule has 0 aromatic heterocycles. The first kappa shape index (κ1) is 14.9. The van der Waals surface area contributed by atoms with Gasteiger partial charge in [0.2, 0.25) is 0 Å². The number of amides is 1. The van der Waals surface area contributed by atoms with E-state index in [1.165, 1.54) is 0 Å². The van der Waals surface area contributed by atoms with Crippen LogP contribution in [0.2, 0.25) is 0 Å². The van der Waals surface area contributed by atoms with Crippen molar-refractivity contribution in [3.05, 3.63) is 29.8 Å². The molecule has 1 aromatic carbocycles. The highest BCUT2D eigenvalue weighted by atomic mass is 16.5. The molecule has 2 N–H and O–H groups in total. The van der Waals surface area contributed by atoms with Crippen LogP contribution in [0.25, 0.3) is 0 Å². The van der Waals surface area contributed by atoms with E-state index in [9.17, 15) is 9.90 Å². The summed E-state index contributed by atoms with van der Waals surface area (Å²) in [7, 11) is 0. The van der Waals surface area contributed by atoms with Crippen LogP contribution in [0.1, 0.15) is 49.9 Å². The molecule has 1 saturated carbocycles. The first-order valence-corrected chi connectivity index (χ1v) is 7.26. The maximum atomic E-state index is 12.0. The molecule has 0 aliphatic heterocycles. The van der Waals surface area contributed by atoms with E-state index >= 15 is 0 Å². The summed E-state index contributed by atoms with van der Waals surface area (Å²) in [5.41, 5.74) is -0.126. The predicted octanol–water partition coefficient (Wildman–Crippen LogP) is 2.51. The van der Waals surface area contributed by atoms with Crippen molar-refractivity contribution in [3.8, 4) is 5.75 Å². The molecule has 4 nitrogen and oxygen atoms in total. The minimum absolute atomic E-state index is 0.117. The van der Waals surface area contributed by atoms with Crippen molar-refractivity contribution in [1.29, 1.82) is 0 Å². The summed E-state index contributed by atoms with van der Waals surface area (Å²) in [6.07, 6.45) is 3.73. The molecule has 1 aliphatic rings. The fourth-order valence-corrected chi connectivity index (χ4v) is 2.51. The minimum Gasteiger partial charge on any atom is -0.491 e. The Labute approximate surface area is 120 Å². The van der Waals surface area contributed by atoms with Crippen LogP contribution in [-0.4, -0.2) is 29.3 Å². The Balaban J connectivity index is 1.89. The van der Waals surface area contributed by atoms with Gasteiger partial charge in [0, 0.05) is 12.1 Å². The van der Waals surface area contributed by atoms with Gasteiger partial charge in [-0.05, 0) is 51.0 Å². The monoisotopic (exact) mass is 277 g/mol. The van der Waals surface area contributed by atoms with Crippen molar-refractivity contribution in [2.45, 2.75) is 51.2 Å². The maximum absolute atomic E-state index is 12.0.